The van der Waals surface area contributed by atoms with Gasteiger partial charge in [0, 0.05) is 38.8 Å². The summed E-state index contributed by atoms with van der Waals surface area (Å²) in [5.74, 6) is -1.00. The Balaban J connectivity index is 1.30. The van der Waals surface area contributed by atoms with Crippen molar-refractivity contribution in [1.29, 1.82) is 10.5 Å². The lowest BCUT2D eigenvalue weighted by atomic mass is 10.0. The second-order valence-electron chi connectivity index (χ2n) is 8.95. The molecule has 2 aromatic heterocycles. The van der Waals surface area contributed by atoms with E-state index >= 15 is 0 Å². The van der Waals surface area contributed by atoms with Gasteiger partial charge in [-0.25, -0.2) is 28.3 Å². The number of aryl methyl sites for hydroxylation is 1. The molecule has 2 amide bonds. The molecule has 13 heteroatoms. The van der Waals surface area contributed by atoms with Gasteiger partial charge in [0.2, 0.25) is 5.95 Å². The minimum absolute atomic E-state index is 0.0586. The van der Waals surface area contributed by atoms with Crippen molar-refractivity contribution < 1.29 is 13.6 Å². The highest BCUT2D eigenvalue weighted by Crippen LogP contribution is 2.31. The maximum absolute atomic E-state index is 14.6. The second kappa shape index (κ2) is 9.86. The number of carbonyl (C=O) groups is 1. The van der Waals surface area contributed by atoms with Gasteiger partial charge >= 0.3 is 6.03 Å². The summed E-state index contributed by atoms with van der Waals surface area (Å²) in [6, 6.07) is 7.17. The van der Waals surface area contributed by atoms with Gasteiger partial charge in [0.1, 0.15) is 11.9 Å². The van der Waals surface area contributed by atoms with Gasteiger partial charge in [-0.05, 0) is 37.6 Å². The van der Waals surface area contributed by atoms with E-state index in [-0.39, 0.29) is 23.4 Å². The van der Waals surface area contributed by atoms with Crippen molar-refractivity contribution in [2.24, 2.45) is 5.10 Å². The first-order chi connectivity index (χ1) is 18.3. The molecule has 11 nitrogen and oxygen atoms in total. The Labute approximate surface area is 216 Å². The Morgan fingerprint density at radius 3 is 2.53 bits per heavy atom. The Kier molecular flexibility index (Phi) is 6.43. The molecule has 3 aromatic rings. The molecule has 0 bridgehead atoms. The van der Waals surface area contributed by atoms with Crippen LogP contribution in [-0.2, 0) is 0 Å². The molecular formula is C25H22F2N10O. The predicted octanol–water partition coefficient (Wildman–Crippen LogP) is 2.98. The van der Waals surface area contributed by atoms with E-state index in [2.05, 4.69) is 26.2 Å². The Hall–Kier alpha value is -4.91. The quantitative estimate of drug-likeness (QED) is 0.523. The lowest BCUT2D eigenvalue weighted by Gasteiger charge is -2.37. The fourth-order valence-corrected chi connectivity index (χ4v) is 4.65. The van der Waals surface area contributed by atoms with Crippen molar-refractivity contribution in [1.82, 2.24) is 29.7 Å². The van der Waals surface area contributed by atoms with Crippen LogP contribution < -0.4 is 4.90 Å². The van der Waals surface area contributed by atoms with Gasteiger partial charge in [-0.2, -0.15) is 25.7 Å². The lowest BCUT2D eigenvalue weighted by Crippen LogP contribution is -2.52. The summed E-state index contributed by atoms with van der Waals surface area (Å²) in [6.45, 7) is 4.78. The minimum Gasteiger partial charge on any atom is -0.337 e. The molecule has 0 radical (unpaired) electrons. The van der Waals surface area contributed by atoms with E-state index in [1.165, 1.54) is 15.8 Å². The molecular weight excluding hydrogens is 494 g/mol. The summed E-state index contributed by atoms with van der Waals surface area (Å²) < 4.78 is 29.9. The fraction of sp³-hybridized carbons (Fsp3) is 0.320. The zero-order chi connectivity index (χ0) is 27.0. The van der Waals surface area contributed by atoms with Crippen LogP contribution in [0.25, 0.3) is 5.82 Å². The average molecular weight is 517 g/mol. The Bertz CT molecular complexity index is 1530. The van der Waals surface area contributed by atoms with Crippen LogP contribution in [-0.4, -0.2) is 68.1 Å². The van der Waals surface area contributed by atoms with Gasteiger partial charge in [0.25, 0.3) is 0 Å². The molecule has 4 heterocycles. The van der Waals surface area contributed by atoms with Crippen molar-refractivity contribution >= 4 is 18.2 Å². The first-order valence-electron chi connectivity index (χ1n) is 11.9. The second-order valence-corrected chi connectivity index (χ2v) is 8.95. The molecule has 0 spiro atoms. The third-order valence-corrected chi connectivity index (χ3v) is 6.61. The molecule has 1 saturated heterocycles. The van der Waals surface area contributed by atoms with E-state index in [4.69, 9.17) is 0 Å². The lowest BCUT2D eigenvalue weighted by molar-refractivity contribution is 0.139. The number of benzene rings is 1. The summed E-state index contributed by atoms with van der Waals surface area (Å²) in [7, 11) is 0. The number of rotatable bonds is 3. The maximum Gasteiger partial charge on any atom is 0.341 e. The van der Waals surface area contributed by atoms with Crippen LogP contribution in [0.15, 0.2) is 29.5 Å². The third-order valence-electron chi connectivity index (χ3n) is 6.61. The Morgan fingerprint density at radius 1 is 1.08 bits per heavy atom. The van der Waals surface area contributed by atoms with Gasteiger partial charge in [-0.15, -0.1) is 0 Å². The zero-order valence-corrected chi connectivity index (χ0v) is 20.6. The number of urea groups is 1. The third kappa shape index (κ3) is 4.39. The summed E-state index contributed by atoms with van der Waals surface area (Å²) >= 11 is 0. The van der Waals surface area contributed by atoms with Gasteiger partial charge in [0.05, 0.1) is 40.8 Å². The summed E-state index contributed by atoms with van der Waals surface area (Å²) in [5, 5.41) is 28.3. The van der Waals surface area contributed by atoms with E-state index in [0.717, 1.165) is 12.3 Å². The van der Waals surface area contributed by atoms with Crippen molar-refractivity contribution in [2.45, 2.75) is 26.3 Å². The van der Waals surface area contributed by atoms with Gasteiger partial charge in [0.15, 0.2) is 11.6 Å². The number of aromatic nitrogens is 4. The number of halogens is 2. The molecule has 0 saturated carbocycles. The molecule has 1 fully saturated rings. The van der Waals surface area contributed by atoms with Gasteiger partial charge in [-0.3, -0.25) is 0 Å². The highest BCUT2D eigenvalue weighted by Gasteiger charge is 2.34. The first-order valence-corrected chi connectivity index (χ1v) is 11.9. The van der Waals surface area contributed by atoms with Gasteiger partial charge in [-0.1, -0.05) is 0 Å². The van der Waals surface area contributed by atoms with Gasteiger partial charge < -0.3 is 9.80 Å². The number of nitrogens with zero attached hydrogens (tertiary/aromatic N) is 10. The summed E-state index contributed by atoms with van der Waals surface area (Å²) in [4.78, 5) is 25.2. The maximum atomic E-state index is 14.6. The van der Waals surface area contributed by atoms with Crippen molar-refractivity contribution in [3.8, 4) is 18.0 Å². The highest BCUT2D eigenvalue weighted by atomic mass is 19.1. The van der Waals surface area contributed by atoms with Crippen LogP contribution in [0.5, 0.6) is 0 Å². The number of hydrogen-bond donors (Lipinski definition) is 0. The van der Waals surface area contributed by atoms with E-state index in [1.54, 1.807) is 31.0 Å². The first kappa shape index (κ1) is 24.8. The van der Waals surface area contributed by atoms with E-state index in [0.29, 0.717) is 55.1 Å². The molecule has 1 atom stereocenters. The van der Waals surface area contributed by atoms with Crippen molar-refractivity contribution in [3.63, 3.8) is 0 Å². The van der Waals surface area contributed by atoms with Crippen LogP contribution in [0, 0.1) is 48.1 Å². The molecule has 2 aliphatic heterocycles. The molecule has 1 unspecified atom stereocenters. The SMILES string of the molecule is Cc1nn(-c2nc(N3CCN(C(=O)N4N=CCC4c4cc(F)cc(C#N)c4)CC3)ncc2F)c(C)c1C#N. The van der Waals surface area contributed by atoms with Crippen LogP contribution >= 0.6 is 0 Å². The van der Waals surface area contributed by atoms with E-state index < -0.39 is 17.7 Å². The van der Waals surface area contributed by atoms with Crippen LogP contribution in [0.1, 0.15) is 40.5 Å². The van der Waals surface area contributed by atoms with Crippen LogP contribution in [0.4, 0.5) is 19.5 Å². The van der Waals surface area contributed by atoms with E-state index in [9.17, 15) is 24.1 Å². The molecule has 0 aliphatic carbocycles. The number of nitriles is 2. The number of amides is 2. The predicted molar refractivity (Wildman–Crippen MR) is 131 cm³/mol. The van der Waals surface area contributed by atoms with Crippen LogP contribution in [0.3, 0.4) is 0 Å². The van der Waals surface area contributed by atoms with Crippen molar-refractivity contribution in [2.75, 3.05) is 31.1 Å². The smallest absolute Gasteiger partial charge is 0.337 e. The summed E-state index contributed by atoms with van der Waals surface area (Å²) in [5.41, 5.74) is 1.99. The molecule has 192 valence electrons. The summed E-state index contributed by atoms with van der Waals surface area (Å²) in [6.07, 6.45) is 3.07. The minimum atomic E-state index is -0.674. The molecule has 1 aromatic carbocycles. The number of carbonyl (C=O) groups excluding carboxylic acids is 1. The largest absolute Gasteiger partial charge is 0.341 e. The average Bonchev–Trinajstić information content (AvgIpc) is 3.52. The topological polar surface area (TPSA) is 130 Å². The molecule has 38 heavy (non-hydrogen) atoms. The van der Waals surface area contributed by atoms with Crippen LogP contribution in [0.2, 0.25) is 0 Å². The fourth-order valence-electron chi connectivity index (χ4n) is 4.65. The Morgan fingerprint density at radius 2 is 1.84 bits per heavy atom. The molecule has 0 N–H and O–H groups in total. The monoisotopic (exact) mass is 516 g/mol. The van der Waals surface area contributed by atoms with E-state index in [1.807, 2.05) is 11.0 Å². The normalized spacial score (nSPS) is 17.0. The number of piperazine rings is 1. The zero-order valence-electron chi connectivity index (χ0n) is 20.6. The van der Waals surface area contributed by atoms with Crippen molar-refractivity contribution in [3.05, 3.63) is 64.1 Å². The standard InChI is InChI=1S/C25H22F2N10O/c1-15-20(13-29)16(2)36(33-15)23-21(27)14-30-24(32-23)34-5-7-35(8-6-34)25(38)37-22(3-4-31-37)18-9-17(12-28)10-19(26)11-18/h4,9-11,14,22H,3,5-8H2,1-2H3. The number of hydrogen-bond acceptors (Lipinski definition) is 8. The number of anilines is 1. The molecule has 2 aliphatic rings. The highest BCUT2D eigenvalue weighted by molar-refractivity contribution is 5.78. The number of hydrazone groups is 1. The molecule has 5 rings (SSSR count).